The molecule has 104 valence electrons. The van der Waals surface area contributed by atoms with Gasteiger partial charge in [-0.15, -0.1) is 0 Å². The highest BCUT2D eigenvalue weighted by Crippen LogP contribution is 2.32. The molecule has 0 aliphatic heterocycles. The van der Waals surface area contributed by atoms with Crippen LogP contribution in [0.3, 0.4) is 0 Å². The summed E-state index contributed by atoms with van der Waals surface area (Å²) in [7, 11) is 0. The number of halogens is 1. The standard InChI is InChI=1S/C14H19BrN2OS/c1-14(2,3)19(18)17-13(10-6-4-7-10)11-8-5-9-12(15)16-11/h5,8-10H,4,6-7H2,1-3H3. The highest BCUT2D eigenvalue weighted by Gasteiger charge is 2.32. The Hall–Kier alpha value is -0.390. The van der Waals surface area contributed by atoms with Gasteiger partial charge in [-0.05, 0) is 61.7 Å². The van der Waals surface area contributed by atoms with E-state index in [1.54, 1.807) is 0 Å². The Labute approximate surface area is 126 Å². The van der Waals surface area contributed by atoms with Crippen molar-refractivity contribution in [2.75, 3.05) is 0 Å². The summed E-state index contributed by atoms with van der Waals surface area (Å²) >= 11 is 2.15. The van der Waals surface area contributed by atoms with Gasteiger partial charge in [0.15, 0.2) is 0 Å². The van der Waals surface area contributed by atoms with Gasteiger partial charge >= 0.3 is 0 Å². The number of aromatic nitrogens is 1. The average Bonchev–Trinajstić information content (AvgIpc) is 2.24. The lowest BCUT2D eigenvalue weighted by Gasteiger charge is -2.27. The average molecular weight is 343 g/mol. The van der Waals surface area contributed by atoms with E-state index in [1.165, 1.54) is 6.42 Å². The predicted molar refractivity (Wildman–Crippen MR) is 83.7 cm³/mol. The monoisotopic (exact) mass is 342 g/mol. The van der Waals surface area contributed by atoms with Crippen molar-refractivity contribution in [2.45, 2.75) is 44.8 Å². The molecule has 3 nitrogen and oxygen atoms in total. The van der Waals surface area contributed by atoms with Gasteiger partial charge in [-0.2, -0.15) is 0 Å². The van der Waals surface area contributed by atoms with E-state index in [1.807, 2.05) is 39.0 Å². The molecule has 1 fully saturated rings. The summed E-state index contributed by atoms with van der Waals surface area (Å²) in [6.45, 7) is 5.83. The second-order valence-electron chi connectivity index (χ2n) is 5.81. The maximum absolute atomic E-state index is 12.3. The molecule has 0 amide bonds. The van der Waals surface area contributed by atoms with Gasteiger partial charge in [-0.25, -0.2) is 4.98 Å². The molecule has 2 rings (SSSR count). The molecule has 19 heavy (non-hydrogen) atoms. The van der Waals surface area contributed by atoms with E-state index in [2.05, 4.69) is 25.3 Å². The third kappa shape index (κ3) is 3.80. The maximum Gasteiger partial charge on any atom is 0.144 e. The van der Waals surface area contributed by atoms with Crippen LogP contribution in [0.15, 0.2) is 27.2 Å². The van der Waals surface area contributed by atoms with E-state index >= 15 is 0 Å². The first-order chi connectivity index (χ1) is 8.88. The smallest absolute Gasteiger partial charge is 0.144 e. The minimum Gasteiger partial charge on any atom is -0.591 e. The Balaban J connectivity index is 2.33. The highest BCUT2D eigenvalue weighted by molar-refractivity contribution is 9.10. The van der Waals surface area contributed by atoms with Crippen molar-refractivity contribution in [3.05, 3.63) is 28.5 Å². The Morgan fingerprint density at radius 1 is 1.42 bits per heavy atom. The third-order valence-electron chi connectivity index (χ3n) is 3.17. The molecular formula is C14H19BrN2OS. The van der Waals surface area contributed by atoms with Crippen molar-refractivity contribution in [1.29, 1.82) is 0 Å². The molecule has 5 heteroatoms. The van der Waals surface area contributed by atoms with E-state index in [4.69, 9.17) is 0 Å². The molecule has 0 aromatic carbocycles. The van der Waals surface area contributed by atoms with E-state index in [-0.39, 0.29) is 4.75 Å². The van der Waals surface area contributed by atoms with E-state index in [0.29, 0.717) is 5.92 Å². The summed E-state index contributed by atoms with van der Waals surface area (Å²) in [4.78, 5) is 4.46. The lowest BCUT2D eigenvalue weighted by Crippen LogP contribution is -2.30. The van der Waals surface area contributed by atoms with Gasteiger partial charge in [0, 0.05) is 5.92 Å². The number of hydrogen-bond acceptors (Lipinski definition) is 3. The SMILES string of the molecule is CC(C)(C)[S+]([O-])N=C(c1cccc(Br)n1)C1CCC1. The van der Waals surface area contributed by atoms with Gasteiger partial charge in [0.2, 0.25) is 0 Å². The first-order valence-electron chi connectivity index (χ1n) is 6.51. The molecule has 1 aromatic heterocycles. The number of hydrogen-bond donors (Lipinski definition) is 0. The minimum atomic E-state index is -1.23. The van der Waals surface area contributed by atoms with E-state index < -0.39 is 11.4 Å². The zero-order chi connectivity index (χ0) is 14.0. The molecule has 1 aromatic rings. The first-order valence-corrected chi connectivity index (χ1v) is 8.41. The molecule has 0 N–H and O–H groups in total. The summed E-state index contributed by atoms with van der Waals surface area (Å²) in [6.07, 6.45) is 3.46. The van der Waals surface area contributed by atoms with Gasteiger partial charge in [0.05, 0.1) is 5.69 Å². The third-order valence-corrected chi connectivity index (χ3v) is 5.03. The topological polar surface area (TPSA) is 48.3 Å². The van der Waals surface area contributed by atoms with Crippen molar-refractivity contribution in [2.24, 2.45) is 10.3 Å². The van der Waals surface area contributed by atoms with Crippen molar-refractivity contribution < 1.29 is 4.55 Å². The molecular weight excluding hydrogens is 324 g/mol. The normalized spacial score (nSPS) is 19.1. The van der Waals surface area contributed by atoms with Gasteiger partial charge in [0.1, 0.15) is 26.4 Å². The largest absolute Gasteiger partial charge is 0.591 e. The lowest BCUT2D eigenvalue weighted by molar-refractivity contribution is 0.413. The van der Waals surface area contributed by atoms with Crippen LogP contribution in [0.25, 0.3) is 0 Å². The van der Waals surface area contributed by atoms with Gasteiger partial charge in [0.25, 0.3) is 0 Å². The van der Waals surface area contributed by atoms with E-state index in [0.717, 1.165) is 28.9 Å². The van der Waals surface area contributed by atoms with Crippen LogP contribution in [0.2, 0.25) is 0 Å². The minimum absolute atomic E-state index is 0.332. The first kappa shape index (κ1) is 15.0. The van der Waals surface area contributed by atoms with Crippen LogP contribution in [0.5, 0.6) is 0 Å². The van der Waals surface area contributed by atoms with Crippen molar-refractivity contribution in [3.63, 3.8) is 0 Å². The van der Waals surface area contributed by atoms with Crippen LogP contribution in [-0.2, 0) is 11.4 Å². The molecule has 0 bridgehead atoms. The fourth-order valence-electron chi connectivity index (χ4n) is 1.79. The fraction of sp³-hybridized carbons (Fsp3) is 0.571. The molecule has 1 aliphatic rings. The molecule has 0 spiro atoms. The molecule has 1 saturated carbocycles. The highest BCUT2D eigenvalue weighted by atomic mass is 79.9. The molecule has 1 unspecified atom stereocenters. The Kier molecular flexibility index (Phi) is 4.69. The fourth-order valence-corrected chi connectivity index (χ4v) is 2.83. The summed E-state index contributed by atoms with van der Waals surface area (Å²) in [5, 5.41) is 0. The van der Waals surface area contributed by atoms with Crippen molar-refractivity contribution >= 4 is 33.0 Å². The zero-order valence-corrected chi connectivity index (χ0v) is 13.9. The van der Waals surface area contributed by atoms with Crippen LogP contribution in [0.4, 0.5) is 0 Å². The predicted octanol–water partition coefficient (Wildman–Crippen LogP) is 3.90. The number of pyridine rings is 1. The second-order valence-corrected chi connectivity index (χ2v) is 8.53. The summed E-state index contributed by atoms with van der Waals surface area (Å²) in [5.41, 5.74) is 1.75. The van der Waals surface area contributed by atoms with Crippen LogP contribution >= 0.6 is 15.9 Å². The van der Waals surface area contributed by atoms with Crippen molar-refractivity contribution in [3.8, 4) is 0 Å². The Morgan fingerprint density at radius 2 is 2.11 bits per heavy atom. The Morgan fingerprint density at radius 3 is 2.58 bits per heavy atom. The molecule has 0 radical (unpaired) electrons. The van der Waals surface area contributed by atoms with Gasteiger partial charge in [-0.1, -0.05) is 16.9 Å². The molecule has 1 aliphatic carbocycles. The summed E-state index contributed by atoms with van der Waals surface area (Å²) in [5.74, 6) is 0.410. The molecule has 1 atom stereocenters. The summed E-state index contributed by atoms with van der Waals surface area (Å²) < 4.78 is 17.2. The van der Waals surface area contributed by atoms with Crippen LogP contribution in [0, 0.1) is 5.92 Å². The Bertz CT molecular complexity index is 481. The molecule has 0 saturated heterocycles. The van der Waals surface area contributed by atoms with Crippen LogP contribution in [-0.4, -0.2) is 20.0 Å². The maximum atomic E-state index is 12.3. The summed E-state index contributed by atoms with van der Waals surface area (Å²) in [6, 6.07) is 5.78. The van der Waals surface area contributed by atoms with Crippen LogP contribution in [0.1, 0.15) is 45.7 Å². The molecule has 1 heterocycles. The lowest BCUT2D eigenvalue weighted by atomic mass is 9.80. The van der Waals surface area contributed by atoms with E-state index in [9.17, 15) is 4.55 Å². The quantitative estimate of drug-likeness (QED) is 0.475. The second kappa shape index (κ2) is 5.94. The number of rotatable bonds is 3. The van der Waals surface area contributed by atoms with Gasteiger partial charge in [-0.3, -0.25) is 0 Å². The van der Waals surface area contributed by atoms with Crippen molar-refractivity contribution in [1.82, 2.24) is 4.98 Å². The number of nitrogens with zero attached hydrogens (tertiary/aromatic N) is 2. The van der Waals surface area contributed by atoms with Gasteiger partial charge < -0.3 is 4.55 Å². The van der Waals surface area contributed by atoms with Crippen LogP contribution < -0.4 is 0 Å². The zero-order valence-electron chi connectivity index (χ0n) is 11.5.